The normalized spacial score (nSPS) is 16.9. The maximum atomic E-state index is 15.9. The Kier molecular flexibility index (Phi) is 16.6. The zero-order valence-corrected chi connectivity index (χ0v) is 34.4. The predicted octanol–water partition coefficient (Wildman–Crippen LogP) is 12.8. The molecule has 0 unspecified atom stereocenters. The fourth-order valence-corrected chi connectivity index (χ4v) is 40.5. The van der Waals surface area contributed by atoms with Crippen molar-refractivity contribution in [3.8, 4) is 0 Å². The van der Waals surface area contributed by atoms with Crippen LogP contribution >= 0.6 is 0 Å². The van der Waals surface area contributed by atoms with Crippen LogP contribution in [0.5, 0.6) is 0 Å². The maximum absolute atomic E-state index is 15.9. The van der Waals surface area contributed by atoms with Crippen molar-refractivity contribution in [3.63, 3.8) is 0 Å². The molecule has 0 saturated heterocycles. The first kappa shape index (κ1) is 62.0. The summed E-state index contributed by atoms with van der Waals surface area (Å²) in [6, 6.07) is 0. The van der Waals surface area contributed by atoms with E-state index in [9.17, 15) is 123 Å². The second kappa shape index (κ2) is 16.9. The average Bonchev–Trinajstić information content (AvgIpc) is 3.04. The summed E-state index contributed by atoms with van der Waals surface area (Å²) >= 11 is -27.7. The van der Waals surface area contributed by atoms with Crippen LogP contribution in [0.25, 0.3) is 0 Å². The van der Waals surface area contributed by atoms with Crippen LogP contribution in [0, 0.1) is 0 Å². The summed E-state index contributed by atoms with van der Waals surface area (Å²) in [6.45, 7) is -7.41. The van der Waals surface area contributed by atoms with E-state index in [-0.39, 0.29) is 13.8 Å². The molecule has 0 spiro atoms. The van der Waals surface area contributed by atoms with Crippen molar-refractivity contribution < 1.29 is 166 Å². The van der Waals surface area contributed by atoms with Gasteiger partial charge in [0.15, 0.2) is 0 Å². The zero-order valence-electron chi connectivity index (χ0n) is 28.7. The Morgan fingerprint density at radius 2 is 0.397 bits per heavy atom. The van der Waals surface area contributed by atoms with Gasteiger partial charge in [0.1, 0.15) is 0 Å². The van der Waals surface area contributed by atoms with Gasteiger partial charge in [0, 0.05) is 0 Å². The molecule has 0 amide bonds. The molecule has 0 atom stereocenters. The van der Waals surface area contributed by atoms with Crippen molar-refractivity contribution in [1.29, 1.82) is 0 Å². The average molecular weight is 1250 g/mol. The van der Waals surface area contributed by atoms with Crippen LogP contribution in [0.3, 0.4) is 0 Å². The minimum absolute atomic E-state index is 0.193. The van der Waals surface area contributed by atoms with Crippen molar-refractivity contribution in [2.24, 2.45) is 0 Å². The first-order valence-corrected chi connectivity index (χ1v) is 25.0. The molecule has 0 radical (unpaired) electrons. The van der Waals surface area contributed by atoms with Crippen LogP contribution in [-0.4, -0.2) is 139 Å². The standard InChI is InChI=1S/4C4F9.2C3H7O.O.2Sn/c4*5-1(6)2(7,8)3(9,10)4(11,12)13;2*1-2-3-4;;;/h;;;;2*2-3H2,1H3;;;/q;;;;2*-1;;2*+1. The first-order valence-electron chi connectivity index (χ1n) is 14.6. The third-order valence-electron chi connectivity index (χ3n) is 7.54. The predicted molar refractivity (Wildman–Crippen MR) is 129 cm³/mol. The number of hydrogen-bond donors (Lipinski definition) is 0. The molecule has 0 rings (SSSR count). The van der Waals surface area contributed by atoms with Gasteiger partial charge in [0.2, 0.25) is 0 Å². The number of alkyl halides is 36. The van der Waals surface area contributed by atoms with E-state index in [0.29, 0.717) is 0 Å². The van der Waals surface area contributed by atoms with E-state index in [1.54, 1.807) is 0 Å². The van der Waals surface area contributed by atoms with Gasteiger partial charge in [-0.05, 0) is 0 Å². The Morgan fingerprint density at radius 3 is 0.508 bits per heavy atom. The molecule has 0 aliphatic rings. The van der Waals surface area contributed by atoms with E-state index in [0.717, 1.165) is 0 Å². The molecule has 41 heteroatoms. The molecule has 0 aliphatic heterocycles. The Morgan fingerprint density at radius 1 is 0.254 bits per heavy atom. The summed E-state index contributed by atoms with van der Waals surface area (Å²) in [6.07, 6.45) is -39.7. The topological polar surface area (TPSA) is 27.7 Å². The van der Waals surface area contributed by atoms with Crippen LogP contribution < -0.4 is 0 Å². The molecule has 0 aromatic carbocycles. The molecular weight excluding hydrogens is 1230 g/mol. The van der Waals surface area contributed by atoms with Gasteiger partial charge in [-0.2, -0.15) is 0 Å². The van der Waals surface area contributed by atoms with Crippen LogP contribution in [0.15, 0.2) is 0 Å². The zero-order chi connectivity index (χ0) is 51.9. The van der Waals surface area contributed by atoms with Crippen LogP contribution in [0.1, 0.15) is 26.7 Å². The van der Waals surface area contributed by atoms with Crippen molar-refractivity contribution in [2.75, 3.05) is 13.2 Å². The number of halogens is 36. The molecule has 0 aliphatic carbocycles. The fourth-order valence-electron chi connectivity index (χ4n) is 4.09. The van der Waals surface area contributed by atoms with Crippen molar-refractivity contribution in [2.45, 2.75) is 115 Å². The Hall–Kier alpha value is -1.04. The van der Waals surface area contributed by atoms with Gasteiger partial charge in [0.25, 0.3) is 0 Å². The van der Waals surface area contributed by atoms with Crippen molar-refractivity contribution >= 4 is 38.4 Å². The van der Waals surface area contributed by atoms with Crippen molar-refractivity contribution in [1.82, 2.24) is 0 Å². The van der Waals surface area contributed by atoms with Crippen LogP contribution in [0.4, 0.5) is 158 Å². The van der Waals surface area contributed by atoms with Crippen LogP contribution in [0.2, 0.25) is 0 Å². The Bertz CT molecular complexity index is 1360. The van der Waals surface area contributed by atoms with E-state index < -0.39 is 152 Å². The number of rotatable bonds is 20. The van der Waals surface area contributed by atoms with E-state index in [1.807, 2.05) is 1.41 Å². The summed E-state index contributed by atoms with van der Waals surface area (Å²) in [4.78, 5) is 0. The molecular formula is C22H14F36O3Sn2. The molecule has 63 heavy (non-hydrogen) atoms. The molecule has 0 fully saturated rings. The summed E-state index contributed by atoms with van der Waals surface area (Å²) in [5.74, 6) is -77.0. The molecule has 0 aromatic rings. The minimum atomic E-state index is -13.9. The summed E-state index contributed by atoms with van der Waals surface area (Å²) < 4.78 is 481. The molecule has 0 saturated carbocycles. The van der Waals surface area contributed by atoms with Gasteiger partial charge in [0.05, 0.1) is 0 Å². The van der Waals surface area contributed by atoms with E-state index in [2.05, 4.69) is 6.15 Å². The summed E-state index contributed by atoms with van der Waals surface area (Å²) in [7, 11) is 0. The third-order valence-corrected chi connectivity index (χ3v) is 36.7. The summed E-state index contributed by atoms with van der Waals surface area (Å²) in [5, 5.41) is 0. The Balaban J connectivity index is 10.6. The van der Waals surface area contributed by atoms with Gasteiger partial charge in [-0.25, -0.2) is 0 Å². The Labute approximate surface area is 331 Å². The quantitative estimate of drug-likeness (QED) is 0.0898. The molecule has 380 valence electrons. The van der Waals surface area contributed by atoms with Crippen molar-refractivity contribution in [3.05, 3.63) is 0 Å². The van der Waals surface area contributed by atoms with Gasteiger partial charge >= 0.3 is 332 Å². The summed E-state index contributed by atoms with van der Waals surface area (Å²) in [5.41, 5.74) is 0. The molecule has 0 aromatic heterocycles. The van der Waals surface area contributed by atoms with Gasteiger partial charge < -0.3 is 0 Å². The molecule has 3 nitrogen and oxygen atoms in total. The SMILES string of the molecule is CCC[O][Sn]([O][Sn]([O]CCC)([C](F)(F)C(F)(F)C(F)(F)C(F)(F)F)[C](F)(F)C(F)(F)C(F)(F)C(F)(F)F)([C](F)(F)C(F)(F)C(F)(F)C(F)(F)F)[C](F)(F)C(F)(F)C(F)(F)C(F)(F)F. The first-order chi connectivity index (χ1) is 26.8. The number of hydrogen-bond acceptors (Lipinski definition) is 3. The molecule has 0 N–H and O–H groups in total. The second-order valence-electron chi connectivity index (χ2n) is 11.9. The van der Waals surface area contributed by atoms with E-state index in [1.165, 1.54) is 0 Å². The van der Waals surface area contributed by atoms with E-state index in [4.69, 9.17) is 0 Å². The third kappa shape index (κ3) is 8.39. The van der Waals surface area contributed by atoms with E-state index >= 15 is 35.1 Å². The van der Waals surface area contributed by atoms with Gasteiger partial charge in [-0.3, -0.25) is 0 Å². The van der Waals surface area contributed by atoms with Gasteiger partial charge in [-0.15, -0.1) is 0 Å². The second-order valence-corrected chi connectivity index (χ2v) is 32.3. The van der Waals surface area contributed by atoms with Crippen LogP contribution in [-0.2, 0) is 7.56 Å². The van der Waals surface area contributed by atoms with Gasteiger partial charge in [-0.1, -0.05) is 0 Å². The molecule has 0 heterocycles. The monoisotopic (exact) mass is 1250 g/mol. The fraction of sp³-hybridized carbons (Fsp3) is 1.00. The molecule has 0 bridgehead atoms.